The van der Waals surface area contributed by atoms with Gasteiger partial charge in [0.25, 0.3) is 15.6 Å². The number of aromatic nitrogens is 3. The largest absolute Gasteiger partial charge is 0.480 e. The minimum absolute atomic E-state index is 0.0391. The van der Waals surface area contributed by atoms with Gasteiger partial charge in [-0.1, -0.05) is 24.3 Å². The lowest BCUT2D eigenvalue weighted by Gasteiger charge is -2.29. The normalized spacial score (nSPS) is 13.7. The molecule has 5 aromatic rings. The highest BCUT2D eigenvalue weighted by atomic mass is 32.2. The Morgan fingerprint density at radius 1 is 0.930 bits per heavy atom. The van der Waals surface area contributed by atoms with E-state index in [1.807, 2.05) is 24.3 Å². The molecule has 3 N–H and O–H groups in total. The number of hydrogen-bond donors (Lipinski definition) is 2. The molecule has 3 aromatic carbocycles. The van der Waals surface area contributed by atoms with Crippen molar-refractivity contribution in [2.24, 2.45) is 0 Å². The van der Waals surface area contributed by atoms with Crippen LogP contribution < -0.4 is 25.7 Å². The number of para-hydroxylation sites is 1. The fraction of sp³-hybridized carbons (Fsp3) is 0.194. The van der Waals surface area contributed by atoms with E-state index in [-0.39, 0.29) is 22.3 Å². The van der Waals surface area contributed by atoms with E-state index in [2.05, 4.69) is 19.6 Å². The third-order valence-electron chi connectivity index (χ3n) is 7.34. The number of methoxy groups -OCH3 is 1. The summed E-state index contributed by atoms with van der Waals surface area (Å²) in [5, 5.41) is 0.325. The van der Waals surface area contributed by atoms with Crippen molar-refractivity contribution in [2.45, 2.75) is 11.8 Å². The summed E-state index contributed by atoms with van der Waals surface area (Å²) in [6, 6.07) is 22.8. The Morgan fingerprint density at radius 3 is 2.33 bits per heavy atom. The van der Waals surface area contributed by atoms with Crippen LogP contribution in [0.15, 0.2) is 88.6 Å². The minimum atomic E-state index is -4.06. The van der Waals surface area contributed by atoms with E-state index in [1.165, 1.54) is 17.7 Å². The second-order valence-electron chi connectivity index (χ2n) is 10.1. The molecule has 0 bridgehead atoms. The number of morpholine rings is 1. The van der Waals surface area contributed by atoms with Gasteiger partial charge in [-0.15, -0.1) is 0 Å². The van der Waals surface area contributed by atoms with E-state index in [9.17, 15) is 13.2 Å². The van der Waals surface area contributed by atoms with Gasteiger partial charge in [0.15, 0.2) is 0 Å². The Balaban J connectivity index is 1.41. The number of ether oxygens (including phenoxy) is 2. The average Bonchev–Trinajstić information content (AvgIpc) is 3.02. The lowest BCUT2D eigenvalue weighted by Crippen LogP contribution is -2.36. The van der Waals surface area contributed by atoms with Crippen molar-refractivity contribution in [3.63, 3.8) is 0 Å². The maximum atomic E-state index is 13.8. The van der Waals surface area contributed by atoms with Gasteiger partial charge in [-0.2, -0.15) is 0 Å². The summed E-state index contributed by atoms with van der Waals surface area (Å²) in [5.74, 6) is 0.0230. The van der Waals surface area contributed by atoms with Gasteiger partial charge < -0.3 is 20.1 Å². The van der Waals surface area contributed by atoms with Gasteiger partial charge in [-0.05, 0) is 67.1 Å². The summed E-state index contributed by atoms with van der Waals surface area (Å²) in [6.45, 7) is 4.69. The quantitative estimate of drug-likeness (QED) is 0.284. The van der Waals surface area contributed by atoms with Crippen LogP contribution in [0.5, 0.6) is 5.88 Å². The molecule has 6 rings (SSSR count). The molecule has 0 amide bonds. The third-order valence-corrected chi connectivity index (χ3v) is 8.72. The highest BCUT2D eigenvalue weighted by Crippen LogP contribution is 2.33. The minimum Gasteiger partial charge on any atom is -0.480 e. The molecule has 1 saturated heterocycles. The van der Waals surface area contributed by atoms with Crippen molar-refractivity contribution in [1.82, 2.24) is 14.5 Å². The van der Waals surface area contributed by atoms with E-state index < -0.39 is 10.0 Å². The van der Waals surface area contributed by atoms with Crippen LogP contribution in [0.3, 0.4) is 0 Å². The highest BCUT2D eigenvalue weighted by molar-refractivity contribution is 7.92. The van der Waals surface area contributed by atoms with Crippen LogP contribution in [-0.4, -0.2) is 56.4 Å². The van der Waals surface area contributed by atoms with Crippen molar-refractivity contribution in [2.75, 3.05) is 48.8 Å². The van der Waals surface area contributed by atoms with Crippen molar-refractivity contribution in [1.29, 1.82) is 0 Å². The van der Waals surface area contributed by atoms with Crippen molar-refractivity contribution in [3.8, 4) is 22.7 Å². The van der Waals surface area contributed by atoms with Gasteiger partial charge in [-0.3, -0.25) is 9.52 Å². The Kier molecular flexibility index (Phi) is 7.46. The van der Waals surface area contributed by atoms with Crippen LogP contribution >= 0.6 is 0 Å². The Labute approximate surface area is 248 Å². The number of nitrogens with zero attached hydrogens (tertiary/aromatic N) is 4. The molecular weight excluding hydrogens is 568 g/mol. The fourth-order valence-corrected chi connectivity index (χ4v) is 6.35. The summed E-state index contributed by atoms with van der Waals surface area (Å²) in [6.07, 6.45) is 0. The molecule has 1 aliphatic heterocycles. The Hall–Kier alpha value is -4.94. The molecule has 0 unspecified atom stereocenters. The summed E-state index contributed by atoms with van der Waals surface area (Å²) < 4.78 is 41.5. The lowest BCUT2D eigenvalue weighted by atomic mass is 10.0. The number of nitrogens with two attached hydrogens (primary N) is 1. The smallest absolute Gasteiger partial charge is 0.267 e. The molecule has 3 heterocycles. The van der Waals surface area contributed by atoms with Gasteiger partial charge >= 0.3 is 0 Å². The summed E-state index contributed by atoms with van der Waals surface area (Å²) in [5.41, 5.74) is 10.00. The average molecular weight is 599 g/mol. The van der Waals surface area contributed by atoms with Crippen molar-refractivity contribution >= 4 is 38.2 Å². The second-order valence-corrected chi connectivity index (χ2v) is 11.7. The molecule has 12 heteroatoms. The number of fused-ring (bicyclic) bond motifs is 1. The summed E-state index contributed by atoms with van der Waals surface area (Å²) in [7, 11) is -2.69. The lowest BCUT2D eigenvalue weighted by molar-refractivity contribution is 0.122. The molecule has 1 fully saturated rings. The molecule has 0 spiro atoms. The van der Waals surface area contributed by atoms with Gasteiger partial charge in [0.1, 0.15) is 4.90 Å². The number of anilines is 3. The molecule has 1 aliphatic rings. The van der Waals surface area contributed by atoms with E-state index in [4.69, 9.17) is 15.2 Å². The van der Waals surface area contributed by atoms with Crippen molar-refractivity contribution in [3.05, 3.63) is 94.9 Å². The number of benzene rings is 3. The Bertz CT molecular complexity index is 1970. The Morgan fingerprint density at radius 2 is 1.63 bits per heavy atom. The zero-order chi connectivity index (χ0) is 30.1. The fourth-order valence-electron chi connectivity index (χ4n) is 5.17. The first-order valence-corrected chi connectivity index (χ1v) is 15.1. The second kappa shape index (κ2) is 11.4. The van der Waals surface area contributed by atoms with E-state index in [1.54, 1.807) is 55.5 Å². The van der Waals surface area contributed by atoms with Crippen LogP contribution in [0.4, 0.5) is 17.3 Å². The molecule has 2 aromatic heterocycles. The van der Waals surface area contributed by atoms with Gasteiger partial charge in [-0.25, -0.2) is 23.0 Å². The molecular formula is C31H30N6O5S. The zero-order valence-corrected chi connectivity index (χ0v) is 24.5. The molecule has 0 radical (unpaired) electrons. The monoisotopic (exact) mass is 598 g/mol. The van der Waals surface area contributed by atoms with E-state index in [0.29, 0.717) is 52.3 Å². The molecule has 11 nitrogen and oxygen atoms in total. The van der Waals surface area contributed by atoms with Crippen LogP contribution in [0.2, 0.25) is 0 Å². The first kappa shape index (κ1) is 28.2. The van der Waals surface area contributed by atoms with Crippen LogP contribution in [0.25, 0.3) is 27.7 Å². The van der Waals surface area contributed by atoms with Gasteiger partial charge in [0, 0.05) is 35.7 Å². The number of rotatable bonds is 7. The van der Waals surface area contributed by atoms with Crippen LogP contribution in [0, 0.1) is 6.92 Å². The van der Waals surface area contributed by atoms with Crippen LogP contribution in [0.1, 0.15) is 5.69 Å². The first-order chi connectivity index (χ1) is 20.7. The number of pyridine rings is 1. The molecule has 0 aliphatic carbocycles. The standard InChI is InChI=1S/C31H30N6O5S/c1-20-25(19-28(29(33-20)41-2)43(39,40)35-22-6-4-3-5-7-22)21-8-13-27-26(18-21)30(38)37(31(32)34-27)24-11-9-23(10-12-24)36-14-16-42-17-15-36/h3-13,18-19,35H,14-17H2,1-2H3,(H2,32,34). The number of nitrogens with one attached hydrogen (secondary N) is 1. The maximum absolute atomic E-state index is 13.8. The summed E-state index contributed by atoms with van der Waals surface area (Å²) in [4.78, 5) is 24.8. The highest BCUT2D eigenvalue weighted by Gasteiger charge is 2.24. The third kappa shape index (κ3) is 5.49. The molecule has 0 atom stereocenters. The maximum Gasteiger partial charge on any atom is 0.267 e. The molecule has 220 valence electrons. The van der Waals surface area contributed by atoms with Crippen molar-refractivity contribution < 1.29 is 17.9 Å². The molecule has 0 saturated carbocycles. The molecule has 43 heavy (non-hydrogen) atoms. The van der Waals surface area contributed by atoms with E-state index in [0.717, 1.165) is 18.8 Å². The number of nitrogen functional groups attached to an aromatic ring is 1. The number of aryl methyl sites for hydroxylation is 1. The van der Waals surface area contributed by atoms with Crippen LogP contribution in [-0.2, 0) is 14.8 Å². The predicted molar refractivity (Wildman–Crippen MR) is 167 cm³/mol. The number of hydrogen-bond acceptors (Lipinski definition) is 9. The topological polar surface area (TPSA) is 142 Å². The van der Waals surface area contributed by atoms with Gasteiger partial charge in [0.2, 0.25) is 11.8 Å². The van der Waals surface area contributed by atoms with E-state index >= 15 is 0 Å². The first-order valence-electron chi connectivity index (χ1n) is 13.6. The van der Waals surface area contributed by atoms with Gasteiger partial charge in [0.05, 0.1) is 36.9 Å². The predicted octanol–water partition coefficient (Wildman–Crippen LogP) is 3.98. The SMILES string of the molecule is COc1nc(C)c(-c2ccc3nc(N)n(-c4ccc(N5CCOCC5)cc4)c(=O)c3c2)cc1S(=O)(=O)Nc1ccccc1. The number of sulfonamides is 1. The zero-order valence-electron chi connectivity index (χ0n) is 23.6. The summed E-state index contributed by atoms with van der Waals surface area (Å²) >= 11 is 0.